The van der Waals surface area contributed by atoms with E-state index in [1.165, 1.54) is 0 Å². The maximum atomic E-state index is 12.1. The Morgan fingerprint density at radius 2 is 2.26 bits per heavy atom. The number of piperidine rings is 1. The third-order valence-corrected chi connectivity index (χ3v) is 3.46. The van der Waals surface area contributed by atoms with Gasteiger partial charge in [-0.25, -0.2) is 0 Å². The van der Waals surface area contributed by atoms with E-state index in [0.717, 1.165) is 0 Å². The summed E-state index contributed by atoms with van der Waals surface area (Å²) in [7, 11) is 1.73. The molecular weight excluding hydrogens is 266 g/mol. The Kier molecular flexibility index (Phi) is 3.95. The number of carbonyl (C=O) groups is 2. The van der Waals surface area contributed by atoms with Gasteiger partial charge in [0.15, 0.2) is 0 Å². The molecule has 0 radical (unpaired) electrons. The average molecular weight is 282 g/mol. The van der Waals surface area contributed by atoms with Crippen LogP contribution in [0.4, 0.5) is 5.69 Å². The van der Waals surface area contributed by atoms with E-state index in [-0.39, 0.29) is 17.9 Å². The SMILES string of the molecule is CN1CC(NC(=O)c2cc(Cl)ccc2N)CCC1=O. The topological polar surface area (TPSA) is 75.4 Å². The van der Waals surface area contributed by atoms with Crippen molar-refractivity contribution in [2.24, 2.45) is 0 Å². The third kappa shape index (κ3) is 3.17. The third-order valence-electron chi connectivity index (χ3n) is 3.22. The fraction of sp³-hybridized carbons (Fsp3) is 0.385. The molecule has 1 atom stereocenters. The molecule has 1 heterocycles. The summed E-state index contributed by atoms with van der Waals surface area (Å²) >= 11 is 5.86. The Morgan fingerprint density at radius 1 is 1.53 bits per heavy atom. The summed E-state index contributed by atoms with van der Waals surface area (Å²) in [6, 6.07) is 4.74. The van der Waals surface area contributed by atoms with Gasteiger partial charge in [0.1, 0.15) is 0 Å². The number of halogens is 1. The van der Waals surface area contributed by atoms with Crippen molar-refractivity contribution in [2.75, 3.05) is 19.3 Å². The quantitative estimate of drug-likeness (QED) is 0.802. The van der Waals surface area contributed by atoms with Crippen molar-refractivity contribution >= 4 is 29.1 Å². The lowest BCUT2D eigenvalue weighted by Gasteiger charge is -2.30. The summed E-state index contributed by atoms with van der Waals surface area (Å²) in [5.74, 6) is -0.152. The second kappa shape index (κ2) is 5.48. The molecule has 1 saturated heterocycles. The molecule has 6 heteroatoms. The Bertz CT molecular complexity index is 519. The number of rotatable bonds is 2. The van der Waals surface area contributed by atoms with Crippen LogP contribution in [0.15, 0.2) is 18.2 Å². The summed E-state index contributed by atoms with van der Waals surface area (Å²) in [4.78, 5) is 25.1. The van der Waals surface area contributed by atoms with E-state index in [9.17, 15) is 9.59 Å². The lowest BCUT2D eigenvalue weighted by atomic mass is 10.0. The van der Waals surface area contributed by atoms with Gasteiger partial charge in [0.25, 0.3) is 5.91 Å². The number of nitrogen functional groups attached to an aromatic ring is 1. The van der Waals surface area contributed by atoms with E-state index >= 15 is 0 Å². The Labute approximate surface area is 116 Å². The van der Waals surface area contributed by atoms with Gasteiger partial charge in [0, 0.05) is 36.8 Å². The summed E-state index contributed by atoms with van der Waals surface area (Å²) < 4.78 is 0. The van der Waals surface area contributed by atoms with Crippen molar-refractivity contribution in [3.05, 3.63) is 28.8 Å². The molecule has 0 spiro atoms. The van der Waals surface area contributed by atoms with E-state index < -0.39 is 0 Å². The van der Waals surface area contributed by atoms with E-state index in [1.54, 1.807) is 30.1 Å². The largest absolute Gasteiger partial charge is 0.398 e. The van der Waals surface area contributed by atoms with Crippen LogP contribution in [0.5, 0.6) is 0 Å². The molecule has 0 aromatic heterocycles. The normalized spacial score (nSPS) is 19.4. The average Bonchev–Trinajstić information content (AvgIpc) is 2.36. The summed E-state index contributed by atoms with van der Waals surface area (Å²) in [6.07, 6.45) is 1.10. The number of nitrogens with one attached hydrogen (secondary N) is 1. The maximum absolute atomic E-state index is 12.1. The molecule has 3 N–H and O–H groups in total. The van der Waals surface area contributed by atoms with Crippen LogP contribution in [-0.4, -0.2) is 36.3 Å². The van der Waals surface area contributed by atoms with Gasteiger partial charge >= 0.3 is 0 Å². The van der Waals surface area contributed by atoms with Gasteiger partial charge < -0.3 is 16.0 Å². The standard InChI is InChI=1S/C13H16ClN3O2/c1-17-7-9(3-5-12(17)18)16-13(19)10-6-8(14)2-4-11(10)15/h2,4,6,9H,3,5,7,15H2,1H3,(H,16,19). The summed E-state index contributed by atoms with van der Waals surface area (Å²) in [5, 5.41) is 3.35. The van der Waals surface area contributed by atoms with Crippen LogP contribution in [0.25, 0.3) is 0 Å². The second-order valence-electron chi connectivity index (χ2n) is 4.71. The fourth-order valence-corrected chi connectivity index (χ4v) is 2.29. The van der Waals surface area contributed by atoms with Crippen LogP contribution in [0.2, 0.25) is 5.02 Å². The Balaban J connectivity index is 2.05. The monoisotopic (exact) mass is 281 g/mol. The molecular formula is C13H16ClN3O2. The first-order valence-corrected chi connectivity index (χ1v) is 6.45. The number of hydrogen-bond acceptors (Lipinski definition) is 3. The number of anilines is 1. The first-order valence-electron chi connectivity index (χ1n) is 6.07. The molecule has 1 aliphatic rings. The minimum atomic E-state index is -0.257. The van der Waals surface area contributed by atoms with Gasteiger partial charge in [-0.1, -0.05) is 11.6 Å². The molecule has 1 aromatic rings. The highest BCUT2D eigenvalue weighted by atomic mass is 35.5. The van der Waals surface area contributed by atoms with E-state index in [0.29, 0.717) is 35.7 Å². The van der Waals surface area contributed by atoms with Gasteiger partial charge in [0.2, 0.25) is 5.91 Å². The molecule has 0 bridgehead atoms. The van der Waals surface area contributed by atoms with Gasteiger partial charge in [0.05, 0.1) is 5.56 Å². The molecule has 1 aliphatic heterocycles. The van der Waals surface area contributed by atoms with Gasteiger partial charge in [-0.3, -0.25) is 9.59 Å². The van der Waals surface area contributed by atoms with Crippen LogP contribution in [-0.2, 0) is 4.79 Å². The zero-order valence-electron chi connectivity index (χ0n) is 10.6. The van der Waals surface area contributed by atoms with E-state index in [2.05, 4.69) is 5.32 Å². The molecule has 102 valence electrons. The number of likely N-dealkylation sites (N-methyl/N-ethyl adjacent to an activating group) is 1. The molecule has 5 nitrogen and oxygen atoms in total. The number of hydrogen-bond donors (Lipinski definition) is 2. The lowest BCUT2D eigenvalue weighted by Crippen LogP contribution is -2.48. The second-order valence-corrected chi connectivity index (χ2v) is 5.15. The van der Waals surface area contributed by atoms with Gasteiger partial charge in [-0.05, 0) is 24.6 Å². The van der Waals surface area contributed by atoms with Crippen LogP contribution in [0, 0.1) is 0 Å². The molecule has 2 rings (SSSR count). The highest BCUT2D eigenvalue weighted by molar-refractivity contribution is 6.31. The molecule has 1 fully saturated rings. The van der Waals surface area contributed by atoms with Crippen molar-refractivity contribution in [3.8, 4) is 0 Å². The molecule has 1 unspecified atom stereocenters. The molecule has 0 saturated carbocycles. The zero-order chi connectivity index (χ0) is 14.0. The summed E-state index contributed by atoms with van der Waals surface area (Å²) in [5.41, 5.74) is 6.52. The number of nitrogens with zero attached hydrogens (tertiary/aromatic N) is 1. The Hall–Kier alpha value is -1.75. The minimum absolute atomic E-state index is 0.0476. The highest BCUT2D eigenvalue weighted by Crippen LogP contribution is 2.18. The van der Waals surface area contributed by atoms with Gasteiger partial charge in [-0.15, -0.1) is 0 Å². The number of carbonyl (C=O) groups excluding carboxylic acids is 2. The first kappa shape index (κ1) is 13.7. The predicted octanol–water partition coefficient (Wildman–Crippen LogP) is 1.27. The summed E-state index contributed by atoms with van der Waals surface area (Å²) in [6.45, 7) is 0.519. The van der Waals surface area contributed by atoms with Crippen molar-refractivity contribution in [1.82, 2.24) is 10.2 Å². The van der Waals surface area contributed by atoms with Crippen molar-refractivity contribution in [3.63, 3.8) is 0 Å². The first-order chi connectivity index (χ1) is 8.97. The van der Waals surface area contributed by atoms with Crippen LogP contribution >= 0.6 is 11.6 Å². The van der Waals surface area contributed by atoms with Crippen LogP contribution in [0.1, 0.15) is 23.2 Å². The number of nitrogens with two attached hydrogens (primary N) is 1. The van der Waals surface area contributed by atoms with Crippen LogP contribution in [0.3, 0.4) is 0 Å². The van der Waals surface area contributed by atoms with E-state index in [4.69, 9.17) is 17.3 Å². The maximum Gasteiger partial charge on any atom is 0.253 e. The van der Waals surface area contributed by atoms with E-state index in [1.807, 2.05) is 0 Å². The zero-order valence-corrected chi connectivity index (χ0v) is 11.4. The smallest absolute Gasteiger partial charge is 0.253 e. The molecule has 19 heavy (non-hydrogen) atoms. The highest BCUT2D eigenvalue weighted by Gasteiger charge is 2.24. The molecule has 0 aliphatic carbocycles. The van der Waals surface area contributed by atoms with Gasteiger partial charge in [-0.2, -0.15) is 0 Å². The lowest BCUT2D eigenvalue weighted by molar-refractivity contribution is -0.132. The van der Waals surface area contributed by atoms with Crippen molar-refractivity contribution in [1.29, 1.82) is 0 Å². The number of benzene rings is 1. The molecule has 2 amide bonds. The fourth-order valence-electron chi connectivity index (χ4n) is 2.12. The predicted molar refractivity (Wildman–Crippen MR) is 74.0 cm³/mol. The van der Waals surface area contributed by atoms with Crippen LogP contribution < -0.4 is 11.1 Å². The molecule has 1 aromatic carbocycles. The minimum Gasteiger partial charge on any atom is -0.398 e. The number of amides is 2. The Morgan fingerprint density at radius 3 is 2.95 bits per heavy atom. The van der Waals surface area contributed by atoms with Crippen molar-refractivity contribution in [2.45, 2.75) is 18.9 Å². The van der Waals surface area contributed by atoms with Crippen molar-refractivity contribution < 1.29 is 9.59 Å². The number of likely N-dealkylation sites (tertiary alicyclic amines) is 1.